The predicted octanol–water partition coefficient (Wildman–Crippen LogP) is 3.13. The van der Waals surface area contributed by atoms with E-state index in [4.69, 9.17) is 10.5 Å². The van der Waals surface area contributed by atoms with Crippen LogP contribution in [0.1, 0.15) is 26.2 Å². The molecule has 0 bridgehead atoms. The molecule has 0 aromatic heterocycles. The Morgan fingerprint density at radius 1 is 1.41 bits per heavy atom. The highest BCUT2D eigenvalue weighted by atomic mass is 16.5. The molecule has 0 spiro atoms. The summed E-state index contributed by atoms with van der Waals surface area (Å²) in [4.78, 5) is 0. The summed E-state index contributed by atoms with van der Waals surface area (Å²) < 4.78 is 5.21. The van der Waals surface area contributed by atoms with Gasteiger partial charge in [0.2, 0.25) is 0 Å². The number of para-hydroxylation sites is 1. The molecule has 1 aromatic rings. The van der Waals surface area contributed by atoms with E-state index in [1.54, 1.807) is 7.11 Å². The van der Waals surface area contributed by atoms with E-state index in [9.17, 15) is 0 Å². The second kappa shape index (κ2) is 5.30. The Hall–Kier alpha value is -1.38. The maximum absolute atomic E-state index is 6.02. The molecule has 3 nitrogen and oxygen atoms in total. The topological polar surface area (TPSA) is 47.3 Å². The molecule has 3 N–H and O–H groups in total. The molecule has 2 unspecified atom stereocenters. The van der Waals surface area contributed by atoms with Crippen molar-refractivity contribution in [3.8, 4) is 5.75 Å². The van der Waals surface area contributed by atoms with E-state index in [-0.39, 0.29) is 0 Å². The van der Waals surface area contributed by atoms with Crippen LogP contribution in [0.4, 0.5) is 11.4 Å². The van der Waals surface area contributed by atoms with Gasteiger partial charge in [-0.1, -0.05) is 19.4 Å². The fraction of sp³-hybridized carbons (Fsp3) is 0.571. The van der Waals surface area contributed by atoms with E-state index in [0.29, 0.717) is 5.69 Å². The molecule has 3 heteroatoms. The Balaban J connectivity index is 1.95. The Bertz CT molecular complexity index is 378. The minimum absolute atomic E-state index is 0.709. The average molecular weight is 234 g/mol. The van der Waals surface area contributed by atoms with Gasteiger partial charge in [0.05, 0.1) is 18.5 Å². The Labute approximate surface area is 103 Å². The van der Waals surface area contributed by atoms with Gasteiger partial charge in [0.25, 0.3) is 0 Å². The Kier molecular flexibility index (Phi) is 3.77. The third kappa shape index (κ3) is 2.84. The zero-order chi connectivity index (χ0) is 12.3. The van der Waals surface area contributed by atoms with Crippen molar-refractivity contribution in [1.29, 1.82) is 0 Å². The van der Waals surface area contributed by atoms with E-state index >= 15 is 0 Å². The summed E-state index contributed by atoms with van der Waals surface area (Å²) in [5.41, 5.74) is 7.72. The number of methoxy groups -OCH3 is 1. The molecule has 1 saturated carbocycles. The van der Waals surface area contributed by atoms with E-state index in [1.807, 2.05) is 18.2 Å². The summed E-state index contributed by atoms with van der Waals surface area (Å²) in [5.74, 6) is 2.41. The summed E-state index contributed by atoms with van der Waals surface area (Å²) in [6.45, 7) is 3.35. The summed E-state index contributed by atoms with van der Waals surface area (Å²) in [6, 6.07) is 5.86. The molecule has 0 amide bonds. The molecule has 0 heterocycles. The van der Waals surface area contributed by atoms with Gasteiger partial charge in [-0.05, 0) is 36.8 Å². The molecule has 0 saturated heterocycles. The van der Waals surface area contributed by atoms with E-state index in [2.05, 4.69) is 12.2 Å². The van der Waals surface area contributed by atoms with Crippen LogP contribution in [0.2, 0.25) is 0 Å². The van der Waals surface area contributed by atoms with Gasteiger partial charge in [0, 0.05) is 6.54 Å². The van der Waals surface area contributed by atoms with Crippen molar-refractivity contribution in [2.75, 3.05) is 24.7 Å². The smallest absolute Gasteiger partial charge is 0.143 e. The zero-order valence-corrected chi connectivity index (χ0v) is 10.7. The van der Waals surface area contributed by atoms with E-state index < -0.39 is 0 Å². The minimum atomic E-state index is 0.709. The second-order valence-corrected chi connectivity index (χ2v) is 5.09. The van der Waals surface area contributed by atoms with Crippen LogP contribution in [-0.2, 0) is 0 Å². The van der Waals surface area contributed by atoms with Crippen LogP contribution in [0.5, 0.6) is 5.75 Å². The lowest BCUT2D eigenvalue weighted by molar-refractivity contribution is 0.417. The monoisotopic (exact) mass is 234 g/mol. The molecular formula is C14H22N2O. The average Bonchev–Trinajstić information content (AvgIpc) is 2.74. The number of ether oxygens (including phenoxy) is 1. The van der Waals surface area contributed by atoms with Crippen LogP contribution >= 0.6 is 0 Å². The molecule has 0 aliphatic heterocycles. The number of nitrogen functional groups attached to an aromatic ring is 1. The van der Waals surface area contributed by atoms with Gasteiger partial charge in [-0.3, -0.25) is 0 Å². The van der Waals surface area contributed by atoms with Gasteiger partial charge in [0.15, 0.2) is 0 Å². The molecule has 17 heavy (non-hydrogen) atoms. The van der Waals surface area contributed by atoms with Crippen molar-refractivity contribution >= 4 is 11.4 Å². The highest BCUT2D eigenvalue weighted by Crippen LogP contribution is 2.32. The van der Waals surface area contributed by atoms with Crippen LogP contribution in [0.25, 0.3) is 0 Å². The number of hydrogen-bond acceptors (Lipinski definition) is 3. The molecule has 94 valence electrons. The lowest BCUT2D eigenvalue weighted by Gasteiger charge is -2.15. The van der Waals surface area contributed by atoms with Crippen molar-refractivity contribution < 1.29 is 4.74 Å². The fourth-order valence-corrected chi connectivity index (χ4v) is 2.64. The summed E-state index contributed by atoms with van der Waals surface area (Å²) >= 11 is 0. The zero-order valence-electron chi connectivity index (χ0n) is 10.7. The van der Waals surface area contributed by atoms with Gasteiger partial charge in [-0.25, -0.2) is 0 Å². The second-order valence-electron chi connectivity index (χ2n) is 5.09. The number of nitrogens with one attached hydrogen (secondary N) is 1. The van der Waals surface area contributed by atoms with Gasteiger partial charge >= 0.3 is 0 Å². The third-order valence-corrected chi connectivity index (χ3v) is 3.67. The highest BCUT2D eigenvalue weighted by Gasteiger charge is 2.21. The third-order valence-electron chi connectivity index (χ3n) is 3.67. The number of nitrogens with two attached hydrogens (primary N) is 1. The quantitative estimate of drug-likeness (QED) is 0.787. The van der Waals surface area contributed by atoms with Crippen LogP contribution in [0.3, 0.4) is 0 Å². The normalized spacial score (nSPS) is 23.6. The molecule has 1 aromatic carbocycles. The SMILES string of the molecule is COc1cccc(NCC2CCC(C)C2)c1N. The first-order valence-electron chi connectivity index (χ1n) is 6.37. The van der Waals surface area contributed by atoms with E-state index in [1.165, 1.54) is 19.3 Å². The number of anilines is 2. The molecule has 1 aliphatic carbocycles. The molecule has 2 rings (SSSR count). The predicted molar refractivity (Wildman–Crippen MR) is 72.4 cm³/mol. The Morgan fingerprint density at radius 2 is 2.24 bits per heavy atom. The van der Waals surface area contributed by atoms with Crippen molar-refractivity contribution in [2.24, 2.45) is 11.8 Å². The number of rotatable bonds is 4. The number of benzene rings is 1. The molecule has 1 fully saturated rings. The van der Waals surface area contributed by atoms with Crippen LogP contribution in [0.15, 0.2) is 18.2 Å². The van der Waals surface area contributed by atoms with Crippen LogP contribution < -0.4 is 15.8 Å². The maximum Gasteiger partial charge on any atom is 0.143 e. The fourth-order valence-electron chi connectivity index (χ4n) is 2.64. The standard InChI is InChI=1S/C14H22N2O/c1-10-6-7-11(8-10)9-16-12-4-3-5-13(17-2)14(12)15/h3-5,10-11,16H,6-9,15H2,1-2H3. The Morgan fingerprint density at radius 3 is 2.88 bits per heavy atom. The first-order chi connectivity index (χ1) is 8.20. The molecular weight excluding hydrogens is 212 g/mol. The van der Waals surface area contributed by atoms with Gasteiger partial charge in [-0.15, -0.1) is 0 Å². The van der Waals surface area contributed by atoms with Crippen molar-refractivity contribution in [3.05, 3.63) is 18.2 Å². The minimum Gasteiger partial charge on any atom is -0.495 e. The summed E-state index contributed by atoms with van der Waals surface area (Å²) in [7, 11) is 1.65. The molecule has 0 radical (unpaired) electrons. The molecule has 1 aliphatic rings. The number of hydrogen-bond donors (Lipinski definition) is 2. The van der Waals surface area contributed by atoms with Gasteiger partial charge < -0.3 is 15.8 Å². The van der Waals surface area contributed by atoms with E-state index in [0.717, 1.165) is 29.8 Å². The lowest BCUT2D eigenvalue weighted by atomic mass is 10.1. The van der Waals surface area contributed by atoms with Crippen molar-refractivity contribution in [1.82, 2.24) is 0 Å². The van der Waals surface area contributed by atoms with Crippen LogP contribution in [0, 0.1) is 11.8 Å². The summed E-state index contributed by atoms with van der Waals surface area (Å²) in [5, 5.41) is 3.45. The first kappa shape index (κ1) is 12.1. The lowest BCUT2D eigenvalue weighted by Crippen LogP contribution is -2.12. The maximum atomic E-state index is 6.02. The van der Waals surface area contributed by atoms with Crippen LogP contribution in [-0.4, -0.2) is 13.7 Å². The highest BCUT2D eigenvalue weighted by molar-refractivity contribution is 5.72. The van der Waals surface area contributed by atoms with Gasteiger partial charge in [0.1, 0.15) is 5.75 Å². The van der Waals surface area contributed by atoms with Crippen molar-refractivity contribution in [3.63, 3.8) is 0 Å². The first-order valence-corrected chi connectivity index (χ1v) is 6.37. The van der Waals surface area contributed by atoms with Gasteiger partial charge in [-0.2, -0.15) is 0 Å². The largest absolute Gasteiger partial charge is 0.495 e. The molecule has 2 atom stereocenters. The summed E-state index contributed by atoms with van der Waals surface area (Å²) in [6.07, 6.45) is 4.02. The van der Waals surface area contributed by atoms with Crippen molar-refractivity contribution in [2.45, 2.75) is 26.2 Å².